The monoisotopic (exact) mass is 444 g/mol. The molecule has 2 aromatic heterocycles. The molecular weight excluding hydrogens is 420 g/mol. The van der Waals surface area contributed by atoms with Crippen molar-refractivity contribution in [2.45, 2.75) is 37.6 Å². The zero-order valence-electron chi connectivity index (χ0n) is 16.8. The van der Waals surface area contributed by atoms with Crippen LogP contribution in [0.4, 0.5) is 5.82 Å². The van der Waals surface area contributed by atoms with Gasteiger partial charge in [0.05, 0.1) is 23.5 Å². The maximum Gasteiger partial charge on any atom is 0.243 e. The summed E-state index contributed by atoms with van der Waals surface area (Å²) in [4.78, 5) is 12.0. The van der Waals surface area contributed by atoms with Crippen molar-refractivity contribution < 1.29 is 13.2 Å². The fourth-order valence-corrected chi connectivity index (χ4v) is 7.17. The van der Waals surface area contributed by atoms with Gasteiger partial charge < -0.3 is 10.1 Å². The first kappa shape index (κ1) is 19.9. The lowest BCUT2D eigenvalue weighted by Crippen LogP contribution is -2.41. The number of nitrogens with one attached hydrogen (secondary N) is 1. The van der Waals surface area contributed by atoms with Gasteiger partial charge in [-0.05, 0) is 43.4 Å². The van der Waals surface area contributed by atoms with Crippen LogP contribution < -0.4 is 5.32 Å². The number of ether oxygens (including phenoxy) is 1. The van der Waals surface area contributed by atoms with Gasteiger partial charge in [0.2, 0.25) is 10.0 Å². The minimum absolute atomic E-state index is 0.344. The molecular formula is C21H24N4O3S2. The standard InChI is InChI=1S/C21H24N4O3S2/c1-14-23-20(19-16-6-4-7-17(16)29-21(19)24-14)22-13-15-5-2-3-8-18(15)30(26,27)25-9-11-28-12-10-25/h2-3,5,8H,4,6-7,9-13H2,1H3,(H,22,23,24). The molecule has 0 unspecified atom stereocenters. The lowest BCUT2D eigenvalue weighted by Gasteiger charge is -2.27. The van der Waals surface area contributed by atoms with E-state index < -0.39 is 10.0 Å². The summed E-state index contributed by atoms with van der Waals surface area (Å²) in [6.45, 7) is 3.91. The van der Waals surface area contributed by atoms with Crippen molar-refractivity contribution in [1.29, 1.82) is 0 Å². The fraction of sp³-hybridized carbons (Fsp3) is 0.429. The molecule has 1 aromatic carbocycles. The number of aryl methyl sites for hydroxylation is 3. The Kier molecular flexibility index (Phi) is 5.22. The number of rotatable bonds is 5. The first-order chi connectivity index (χ1) is 14.5. The number of nitrogens with zero attached hydrogens (tertiary/aromatic N) is 3. The smallest absolute Gasteiger partial charge is 0.243 e. The number of hydrogen-bond donors (Lipinski definition) is 1. The van der Waals surface area contributed by atoms with Gasteiger partial charge in [0, 0.05) is 24.5 Å². The molecule has 1 N–H and O–H groups in total. The zero-order valence-corrected chi connectivity index (χ0v) is 18.5. The van der Waals surface area contributed by atoms with Crippen molar-refractivity contribution in [2.75, 3.05) is 31.6 Å². The van der Waals surface area contributed by atoms with Crippen LogP contribution in [0, 0.1) is 6.92 Å². The van der Waals surface area contributed by atoms with Crippen molar-refractivity contribution in [3.63, 3.8) is 0 Å². The molecule has 7 nitrogen and oxygen atoms in total. The topological polar surface area (TPSA) is 84.4 Å². The van der Waals surface area contributed by atoms with Crippen LogP contribution in [0.5, 0.6) is 0 Å². The molecule has 0 atom stereocenters. The summed E-state index contributed by atoms with van der Waals surface area (Å²) < 4.78 is 33.3. The Hall–Kier alpha value is -2.07. The normalized spacial score (nSPS) is 17.4. The highest BCUT2D eigenvalue weighted by Gasteiger charge is 2.28. The fourth-order valence-electron chi connectivity index (χ4n) is 4.24. The average molecular weight is 445 g/mol. The minimum atomic E-state index is -3.56. The van der Waals surface area contributed by atoms with Gasteiger partial charge in [-0.3, -0.25) is 0 Å². The van der Waals surface area contributed by atoms with Crippen molar-refractivity contribution >= 4 is 37.4 Å². The molecule has 0 saturated carbocycles. The van der Waals surface area contributed by atoms with Crippen LogP contribution in [0.3, 0.4) is 0 Å². The van der Waals surface area contributed by atoms with E-state index in [1.165, 1.54) is 21.2 Å². The summed E-state index contributed by atoms with van der Waals surface area (Å²) in [5, 5.41) is 4.53. The Morgan fingerprint density at radius 1 is 1.17 bits per heavy atom. The number of morpholine rings is 1. The summed E-state index contributed by atoms with van der Waals surface area (Å²) in [6, 6.07) is 7.20. The number of thiophene rings is 1. The van der Waals surface area contributed by atoms with Gasteiger partial charge in [0.25, 0.3) is 0 Å². The van der Waals surface area contributed by atoms with Gasteiger partial charge >= 0.3 is 0 Å². The van der Waals surface area contributed by atoms with Gasteiger partial charge in [0.1, 0.15) is 16.5 Å². The first-order valence-electron chi connectivity index (χ1n) is 10.2. The molecule has 30 heavy (non-hydrogen) atoms. The molecule has 0 spiro atoms. The van der Waals surface area contributed by atoms with E-state index in [4.69, 9.17) is 4.74 Å². The van der Waals surface area contributed by atoms with Gasteiger partial charge in [-0.1, -0.05) is 18.2 Å². The summed E-state index contributed by atoms with van der Waals surface area (Å²) >= 11 is 1.76. The molecule has 5 rings (SSSR count). The highest BCUT2D eigenvalue weighted by Crippen LogP contribution is 2.39. The molecule has 2 aliphatic rings. The highest BCUT2D eigenvalue weighted by atomic mass is 32.2. The van der Waals surface area contributed by atoms with Crippen molar-refractivity contribution in [1.82, 2.24) is 14.3 Å². The molecule has 1 aliphatic heterocycles. The van der Waals surface area contributed by atoms with Crippen molar-refractivity contribution in [3.05, 3.63) is 46.1 Å². The van der Waals surface area contributed by atoms with Gasteiger partial charge in [-0.25, -0.2) is 18.4 Å². The summed E-state index contributed by atoms with van der Waals surface area (Å²) in [6.07, 6.45) is 3.33. The molecule has 0 radical (unpaired) electrons. The second kappa shape index (κ2) is 7.88. The van der Waals surface area contributed by atoms with Crippen LogP contribution in [-0.2, 0) is 34.1 Å². The van der Waals surface area contributed by atoms with Crippen molar-refractivity contribution in [3.8, 4) is 0 Å². The predicted molar refractivity (Wildman–Crippen MR) is 118 cm³/mol. The third-order valence-electron chi connectivity index (χ3n) is 5.68. The molecule has 158 valence electrons. The van der Waals surface area contributed by atoms with Crippen LogP contribution >= 0.6 is 11.3 Å². The van der Waals surface area contributed by atoms with E-state index in [-0.39, 0.29) is 0 Å². The number of hydrogen-bond acceptors (Lipinski definition) is 7. The van der Waals surface area contributed by atoms with E-state index in [9.17, 15) is 8.42 Å². The number of sulfonamides is 1. The van der Waals surface area contributed by atoms with Gasteiger partial charge in [0.15, 0.2) is 0 Å². The first-order valence-corrected chi connectivity index (χ1v) is 12.5. The molecule has 1 saturated heterocycles. The maximum atomic E-state index is 13.2. The van der Waals surface area contributed by atoms with Gasteiger partial charge in [-0.2, -0.15) is 4.31 Å². The van der Waals surface area contributed by atoms with E-state index >= 15 is 0 Å². The summed E-state index contributed by atoms with van der Waals surface area (Å²) in [5.41, 5.74) is 2.09. The SMILES string of the molecule is Cc1nc(NCc2ccccc2S(=O)(=O)N2CCOCC2)c2c3c(sc2n1)CCC3. The highest BCUT2D eigenvalue weighted by molar-refractivity contribution is 7.89. The Morgan fingerprint density at radius 3 is 2.80 bits per heavy atom. The Balaban J connectivity index is 1.47. The third kappa shape index (κ3) is 3.49. The second-order valence-corrected chi connectivity index (χ2v) is 10.6. The van der Waals surface area contributed by atoms with Crippen LogP contribution in [-0.4, -0.2) is 49.0 Å². The number of fused-ring (bicyclic) bond motifs is 3. The molecule has 0 bridgehead atoms. The largest absolute Gasteiger partial charge is 0.379 e. The Bertz CT molecular complexity index is 1200. The third-order valence-corrected chi connectivity index (χ3v) is 8.87. The number of anilines is 1. The molecule has 9 heteroatoms. The number of benzene rings is 1. The molecule has 3 heterocycles. The molecule has 1 fully saturated rings. The quantitative estimate of drug-likeness (QED) is 0.651. The molecule has 1 aliphatic carbocycles. The lowest BCUT2D eigenvalue weighted by atomic mass is 10.1. The molecule has 3 aromatic rings. The van der Waals surface area contributed by atoms with Crippen LogP contribution in [0.25, 0.3) is 10.2 Å². The summed E-state index contributed by atoms with van der Waals surface area (Å²) in [7, 11) is -3.56. The van der Waals surface area contributed by atoms with E-state index in [0.717, 1.165) is 40.3 Å². The maximum absolute atomic E-state index is 13.2. The lowest BCUT2D eigenvalue weighted by molar-refractivity contribution is 0.0730. The van der Waals surface area contributed by atoms with E-state index in [1.54, 1.807) is 23.5 Å². The van der Waals surface area contributed by atoms with E-state index in [2.05, 4.69) is 15.3 Å². The van der Waals surface area contributed by atoms with Crippen molar-refractivity contribution in [2.24, 2.45) is 0 Å². The van der Waals surface area contributed by atoms with E-state index in [1.807, 2.05) is 19.1 Å². The van der Waals surface area contributed by atoms with Crippen LogP contribution in [0.1, 0.15) is 28.2 Å². The average Bonchev–Trinajstić information content (AvgIpc) is 3.33. The summed E-state index contributed by atoms with van der Waals surface area (Å²) in [5.74, 6) is 1.52. The Labute approximate surface area is 180 Å². The predicted octanol–water partition coefficient (Wildman–Crippen LogP) is 3.12. The zero-order chi connectivity index (χ0) is 20.7. The van der Waals surface area contributed by atoms with Gasteiger partial charge in [-0.15, -0.1) is 11.3 Å². The Morgan fingerprint density at radius 2 is 1.97 bits per heavy atom. The van der Waals surface area contributed by atoms with Crippen LogP contribution in [0.2, 0.25) is 0 Å². The molecule has 0 amide bonds. The second-order valence-electron chi connectivity index (χ2n) is 7.63. The van der Waals surface area contributed by atoms with Crippen LogP contribution in [0.15, 0.2) is 29.2 Å². The number of aromatic nitrogens is 2. The minimum Gasteiger partial charge on any atom is -0.379 e. The van der Waals surface area contributed by atoms with E-state index in [0.29, 0.717) is 37.7 Å².